The number of benzene rings is 1. The molecular weight excluding hydrogens is 277 g/mol. The average Bonchev–Trinajstić information content (AvgIpc) is 2.36. The number of aliphatic hydroxyl groups excluding tert-OH is 1. The molecule has 0 spiro atoms. The van der Waals surface area contributed by atoms with Crippen LogP contribution in [0, 0.1) is 5.82 Å². The Labute approximate surface area is 108 Å². The Bertz CT molecular complexity index is 695. The molecule has 1 aliphatic heterocycles. The highest BCUT2D eigenvalue weighted by Gasteiger charge is 2.38. The second kappa shape index (κ2) is 4.23. The van der Waals surface area contributed by atoms with Crippen molar-refractivity contribution in [1.82, 2.24) is 4.31 Å². The molecule has 6 nitrogen and oxygen atoms in total. The van der Waals surface area contributed by atoms with Crippen LogP contribution in [-0.2, 0) is 19.6 Å². The van der Waals surface area contributed by atoms with E-state index in [1.165, 1.54) is 0 Å². The number of carbonyl (C=O) groups excluding carboxylic acids is 1. The van der Waals surface area contributed by atoms with Gasteiger partial charge in [0.15, 0.2) is 11.5 Å². The highest BCUT2D eigenvalue weighted by atomic mass is 32.2. The summed E-state index contributed by atoms with van der Waals surface area (Å²) in [5.74, 6) is -2.40. The van der Waals surface area contributed by atoms with E-state index in [1.54, 1.807) is 0 Å². The van der Waals surface area contributed by atoms with Crippen molar-refractivity contribution in [2.75, 3.05) is 14.2 Å². The molecular formula is C11H10FNO5S. The van der Waals surface area contributed by atoms with Crippen molar-refractivity contribution in [1.29, 1.82) is 0 Å². The Morgan fingerprint density at radius 2 is 2.05 bits per heavy atom. The number of halogens is 1. The molecule has 8 heteroatoms. The molecule has 1 aromatic rings. The molecule has 1 N–H and O–H groups in total. The average molecular weight is 287 g/mol. The molecule has 102 valence electrons. The molecule has 0 fully saturated rings. The number of nitrogens with zero attached hydrogens (tertiary/aromatic N) is 1. The Kier molecular flexibility index (Phi) is 2.97. The molecule has 0 radical (unpaired) electrons. The lowest BCUT2D eigenvalue weighted by molar-refractivity contribution is -0.137. The molecule has 0 atom stereocenters. The van der Waals surface area contributed by atoms with Gasteiger partial charge in [-0.05, 0) is 18.2 Å². The van der Waals surface area contributed by atoms with Gasteiger partial charge >= 0.3 is 5.97 Å². The topological polar surface area (TPSA) is 83.9 Å². The lowest BCUT2D eigenvalue weighted by Crippen LogP contribution is -2.35. The molecule has 0 amide bonds. The normalized spacial score (nSPS) is 17.1. The molecule has 2 rings (SSSR count). The Morgan fingerprint density at radius 1 is 1.42 bits per heavy atom. The summed E-state index contributed by atoms with van der Waals surface area (Å²) in [6, 6.07) is 2.83. The van der Waals surface area contributed by atoms with Gasteiger partial charge in [-0.1, -0.05) is 0 Å². The zero-order valence-corrected chi connectivity index (χ0v) is 10.9. The van der Waals surface area contributed by atoms with Gasteiger partial charge in [0.25, 0.3) is 10.0 Å². The number of methoxy groups -OCH3 is 1. The highest BCUT2D eigenvalue weighted by Crippen LogP contribution is 2.35. The first-order valence-electron chi connectivity index (χ1n) is 5.11. The summed E-state index contributed by atoms with van der Waals surface area (Å²) in [5.41, 5.74) is -0.820. The number of esters is 1. The Morgan fingerprint density at radius 3 is 2.63 bits per heavy atom. The third-order valence-electron chi connectivity index (χ3n) is 2.75. The van der Waals surface area contributed by atoms with Crippen LogP contribution in [0.4, 0.5) is 4.39 Å². The first kappa shape index (κ1) is 13.3. The summed E-state index contributed by atoms with van der Waals surface area (Å²) >= 11 is 0. The summed E-state index contributed by atoms with van der Waals surface area (Å²) in [7, 11) is -1.88. The van der Waals surface area contributed by atoms with Crippen LogP contribution in [0.1, 0.15) is 5.56 Å². The van der Waals surface area contributed by atoms with Crippen molar-refractivity contribution in [3.8, 4) is 0 Å². The summed E-state index contributed by atoms with van der Waals surface area (Å²) in [6.07, 6.45) is 0. The third kappa shape index (κ3) is 1.84. The van der Waals surface area contributed by atoms with Crippen LogP contribution in [0.3, 0.4) is 0 Å². The number of likely N-dealkylation sites (N-methyl/N-ethyl adjacent to an activating group) is 1. The Hall–Kier alpha value is -2.09. The minimum atomic E-state index is -4.03. The third-order valence-corrected chi connectivity index (χ3v) is 4.57. The molecule has 19 heavy (non-hydrogen) atoms. The van der Waals surface area contributed by atoms with Crippen LogP contribution in [0.2, 0.25) is 0 Å². The van der Waals surface area contributed by atoms with Crippen LogP contribution >= 0.6 is 0 Å². The second-order valence-electron chi connectivity index (χ2n) is 3.80. The molecule has 1 heterocycles. The van der Waals surface area contributed by atoms with Gasteiger partial charge in [-0.25, -0.2) is 17.6 Å². The maximum absolute atomic E-state index is 13.2. The summed E-state index contributed by atoms with van der Waals surface area (Å²) in [5, 5.41) is 9.96. The summed E-state index contributed by atoms with van der Waals surface area (Å²) < 4.78 is 42.5. The first-order chi connectivity index (χ1) is 8.80. The monoisotopic (exact) mass is 287 g/mol. The molecule has 0 unspecified atom stereocenters. The van der Waals surface area contributed by atoms with E-state index >= 15 is 0 Å². The zero-order valence-electron chi connectivity index (χ0n) is 10.0. The summed E-state index contributed by atoms with van der Waals surface area (Å²) in [4.78, 5) is 11.3. The quantitative estimate of drug-likeness (QED) is 0.774. The van der Waals surface area contributed by atoms with Gasteiger partial charge in [-0.2, -0.15) is 0 Å². The molecule has 0 aromatic heterocycles. The van der Waals surface area contributed by atoms with E-state index < -0.39 is 33.3 Å². The van der Waals surface area contributed by atoms with Crippen molar-refractivity contribution in [3.05, 3.63) is 35.3 Å². The van der Waals surface area contributed by atoms with E-state index in [0.29, 0.717) is 4.31 Å². The van der Waals surface area contributed by atoms with Gasteiger partial charge in [0, 0.05) is 12.6 Å². The van der Waals surface area contributed by atoms with Crippen LogP contribution < -0.4 is 0 Å². The van der Waals surface area contributed by atoms with Crippen LogP contribution in [0.25, 0.3) is 5.76 Å². The number of hydrogen-bond donors (Lipinski definition) is 1. The molecule has 0 saturated carbocycles. The first-order valence-corrected chi connectivity index (χ1v) is 6.55. The second-order valence-corrected chi connectivity index (χ2v) is 5.74. The fourth-order valence-corrected chi connectivity index (χ4v) is 3.15. The van der Waals surface area contributed by atoms with Crippen molar-refractivity contribution >= 4 is 21.8 Å². The molecule has 1 aliphatic rings. The van der Waals surface area contributed by atoms with Gasteiger partial charge in [-0.3, -0.25) is 4.31 Å². The fraction of sp³-hybridized carbons (Fsp3) is 0.182. The van der Waals surface area contributed by atoms with Gasteiger partial charge in [0.05, 0.1) is 12.0 Å². The van der Waals surface area contributed by atoms with Crippen molar-refractivity contribution in [2.24, 2.45) is 0 Å². The summed E-state index contributed by atoms with van der Waals surface area (Å²) in [6.45, 7) is 0. The number of rotatable bonds is 1. The lowest BCUT2D eigenvalue weighted by atomic mass is 10.1. The SMILES string of the molecule is COC(=O)C1=C(O)c2cc(F)ccc2S(=O)(=O)N1C. The minimum absolute atomic E-state index is 0.265. The number of ether oxygens (including phenoxy) is 1. The number of fused-ring (bicyclic) bond motifs is 1. The predicted octanol–water partition coefficient (Wildman–Crippen LogP) is 0.859. The maximum Gasteiger partial charge on any atom is 0.359 e. The fourth-order valence-electron chi connectivity index (χ4n) is 1.78. The van der Waals surface area contributed by atoms with E-state index in [-0.39, 0.29) is 10.5 Å². The van der Waals surface area contributed by atoms with E-state index in [1.807, 2.05) is 0 Å². The van der Waals surface area contributed by atoms with E-state index in [9.17, 15) is 22.7 Å². The van der Waals surface area contributed by atoms with Crippen molar-refractivity contribution in [2.45, 2.75) is 4.90 Å². The highest BCUT2D eigenvalue weighted by molar-refractivity contribution is 7.89. The van der Waals surface area contributed by atoms with Crippen LogP contribution in [0.15, 0.2) is 28.8 Å². The minimum Gasteiger partial charge on any atom is -0.505 e. The van der Waals surface area contributed by atoms with E-state index in [2.05, 4.69) is 4.74 Å². The molecule has 0 aliphatic carbocycles. The maximum atomic E-state index is 13.2. The number of sulfonamides is 1. The van der Waals surface area contributed by atoms with Gasteiger partial charge < -0.3 is 9.84 Å². The smallest absolute Gasteiger partial charge is 0.359 e. The number of hydrogen-bond acceptors (Lipinski definition) is 5. The van der Waals surface area contributed by atoms with Crippen molar-refractivity contribution in [3.63, 3.8) is 0 Å². The molecule has 0 bridgehead atoms. The predicted molar refractivity (Wildman–Crippen MR) is 62.9 cm³/mol. The van der Waals surface area contributed by atoms with E-state index in [0.717, 1.165) is 32.4 Å². The van der Waals surface area contributed by atoms with Crippen LogP contribution in [-0.4, -0.2) is 38.0 Å². The van der Waals surface area contributed by atoms with Gasteiger partial charge in [0.2, 0.25) is 0 Å². The van der Waals surface area contributed by atoms with Crippen LogP contribution in [0.5, 0.6) is 0 Å². The number of aliphatic hydroxyl groups is 1. The van der Waals surface area contributed by atoms with Gasteiger partial charge in [0.1, 0.15) is 5.82 Å². The molecule has 0 saturated heterocycles. The van der Waals surface area contributed by atoms with E-state index in [4.69, 9.17) is 0 Å². The Balaban J connectivity index is 2.84. The zero-order chi connectivity index (χ0) is 14.4. The number of carbonyl (C=O) groups is 1. The largest absolute Gasteiger partial charge is 0.505 e. The standard InChI is InChI=1S/C11H10FNO5S/c1-13-9(11(15)18-2)10(14)7-5-6(12)3-4-8(7)19(13,16)17/h3-5,14H,1-2H3. The van der Waals surface area contributed by atoms with Crippen molar-refractivity contribution < 1.29 is 27.4 Å². The molecule has 1 aromatic carbocycles. The van der Waals surface area contributed by atoms with Gasteiger partial charge in [-0.15, -0.1) is 0 Å². The lowest BCUT2D eigenvalue weighted by Gasteiger charge is -2.27.